The van der Waals surface area contributed by atoms with Gasteiger partial charge in [-0.1, -0.05) is 41.9 Å². The maximum atomic E-state index is 13.7. The number of carbonyl (C=O) groups excluding carboxylic acids is 1. The van der Waals surface area contributed by atoms with E-state index in [1.807, 2.05) is 16.7 Å². The van der Waals surface area contributed by atoms with Crippen molar-refractivity contribution < 1.29 is 18.0 Å². The minimum absolute atomic E-state index is 0.0562. The molecule has 0 fully saturated rings. The summed E-state index contributed by atoms with van der Waals surface area (Å²) < 4.78 is 42.9. The number of anilines is 1. The zero-order valence-electron chi connectivity index (χ0n) is 22.2. The summed E-state index contributed by atoms with van der Waals surface area (Å²) in [6, 6.07) is 21.3. The van der Waals surface area contributed by atoms with Crippen molar-refractivity contribution >= 4 is 40.5 Å². The van der Waals surface area contributed by atoms with E-state index in [0.29, 0.717) is 28.5 Å². The van der Waals surface area contributed by atoms with Gasteiger partial charge in [0.25, 0.3) is 0 Å². The normalized spacial score (nSPS) is 11.0. The molecule has 0 radical (unpaired) electrons. The second-order valence-corrected chi connectivity index (χ2v) is 10.2. The number of thiocarbonyl (C=S) groups is 1. The minimum atomic E-state index is -4.53. The minimum Gasteiger partial charge on any atom is -0.354 e. The second-order valence-electron chi connectivity index (χ2n) is 9.36. The molecular weight excluding hydrogens is 585 g/mol. The van der Waals surface area contributed by atoms with Gasteiger partial charge in [-0.05, 0) is 65.8 Å². The molecule has 3 aromatic carbocycles. The molecule has 0 unspecified atom stereocenters. The number of hydrogen-bond acceptors (Lipinski definition) is 4. The van der Waals surface area contributed by atoms with Crippen LogP contribution in [0.15, 0.2) is 85.3 Å². The fourth-order valence-corrected chi connectivity index (χ4v) is 4.60. The number of imidazole rings is 1. The number of rotatable bonds is 10. The molecule has 42 heavy (non-hydrogen) atoms. The Kier molecular flexibility index (Phi) is 10.2. The standard InChI is InChI=1S/C30H26ClF3N6OS/c31-24-9-11-25(12-10-24)38-29(42)39(19-23-3-1-2-4-27(23)30(32,33)34)14-13-37-28(41)15-26-17-36-20-40(26)18-22-7-5-21(16-35)6-8-22/h1-12,17,20H,13-15,18-19H2,(H,37,41)(H,38,42). The highest BCUT2D eigenvalue weighted by Gasteiger charge is 2.33. The van der Waals surface area contributed by atoms with Crippen LogP contribution in [0.1, 0.15) is 27.9 Å². The van der Waals surface area contributed by atoms with Gasteiger partial charge in [-0.25, -0.2) is 4.98 Å². The summed E-state index contributed by atoms with van der Waals surface area (Å²) in [7, 11) is 0. The predicted molar refractivity (Wildman–Crippen MR) is 159 cm³/mol. The third kappa shape index (κ3) is 8.55. The summed E-state index contributed by atoms with van der Waals surface area (Å²) in [5.41, 5.74) is 2.13. The predicted octanol–water partition coefficient (Wildman–Crippen LogP) is 6.03. The third-order valence-electron chi connectivity index (χ3n) is 6.35. The fourth-order valence-electron chi connectivity index (χ4n) is 4.20. The van der Waals surface area contributed by atoms with Crippen LogP contribution in [0.5, 0.6) is 0 Å². The highest BCUT2D eigenvalue weighted by molar-refractivity contribution is 7.80. The van der Waals surface area contributed by atoms with Gasteiger partial charge in [-0.3, -0.25) is 4.79 Å². The molecule has 2 N–H and O–H groups in total. The molecule has 0 atom stereocenters. The molecule has 0 aliphatic heterocycles. The van der Waals surface area contributed by atoms with Gasteiger partial charge in [0.1, 0.15) is 0 Å². The van der Waals surface area contributed by atoms with Gasteiger partial charge in [-0.15, -0.1) is 0 Å². The molecule has 0 saturated carbocycles. The van der Waals surface area contributed by atoms with Gasteiger partial charge in [-0.2, -0.15) is 18.4 Å². The average molecular weight is 611 g/mol. The van der Waals surface area contributed by atoms with E-state index in [4.69, 9.17) is 29.1 Å². The number of amides is 1. The van der Waals surface area contributed by atoms with Crippen LogP contribution < -0.4 is 10.6 Å². The van der Waals surface area contributed by atoms with Crippen LogP contribution in [0.25, 0.3) is 0 Å². The number of nitrogens with one attached hydrogen (secondary N) is 2. The second kappa shape index (κ2) is 14.0. The lowest BCUT2D eigenvalue weighted by Crippen LogP contribution is -2.41. The van der Waals surface area contributed by atoms with Gasteiger partial charge in [0.05, 0.1) is 29.9 Å². The fraction of sp³-hybridized carbons (Fsp3) is 0.200. The van der Waals surface area contributed by atoms with Crippen LogP contribution in [-0.2, 0) is 30.5 Å². The maximum Gasteiger partial charge on any atom is 0.416 e. The Morgan fingerprint density at radius 1 is 1.07 bits per heavy atom. The van der Waals surface area contributed by atoms with E-state index in [-0.39, 0.29) is 42.6 Å². The zero-order chi connectivity index (χ0) is 30.1. The van der Waals surface area contributed by atoms with Crippen molar-refractivity contribution in [1.29, 1.82) is 5.26 Å². The van der Waals surface area contributed by atoms with Gasteiger partial charge < -0.3 is 20.1 Å². The molecule has 216 valence electrons. The van der Waals surface area contributed by atoms with Crippen LogP contribution in [0.2, 0.25) is 5.02 Å². The number of carbonyl (C=O) groups is 1. The molecule has 0 saturated heterocycles. The topological polar surface area (TPSA) is 86.0 Å². The Morgan fingerprint density at radius 3 is 2.48 bits per heavy atom. The molecule has 0 spiro atoms. The molecule has 0 aliphatic rings. The van der Waals surface area contributed by atoms with Gasteiger partial charge in [0, 0.05) is 48.8 Å². The summed E-state index contributed by atoms with van der Waals surface area (Å²) in [6.45, 7) is 0.648. The average Bonchev–Trinajstić information content (AvgIpc) is 3.39. The van der Waals surface area contributed by atoms with Gasteiger partial charge in [0.15, 0.2) is 5.11 Å². The monoisotopic (exact) mass is 610 g/mol. The SMILES string of the molecule is N#Cc1ccc(Cn2cncc2CC(=O)NCCN(Cc2ccccc2C(F)(F)F)C(=S)Nc2ccc(Cl)cc2)cc1. The number of nitriles is 1. The van der Waals surface area contributed by atoms with E-state index in [1.54, 1.807) is 59.9 Å². The Balaban J connectivity index is 1.40. The molecule has 1 amide bonds. The van der Waals surface area contributed by atoms with Crippen LogP contribution in [-0.4, -0.2) is 38.6 Å². The van der Waals surface area contributed by atoms with Crippen molar-refractivity contribution in [2.24, 2.45) is 0 Å². The molecule has 1 aromatic heterocycles. The van der Waals surface area contributed by atoms with Crippen LogP contribution in [0.4, 0.5) is 18.9 Å². The van der Waals surface area contributed by atoms with Crippen molar-refractivity contribution in [1.82, 2.24) is 19.8 Å². The lowest BCUT2D eigenvalue weighted by Gasteiger charge is -2.27. The van der Waals surface area contributed by atoms with E-state index >= 15 is 0 Å². The number of benzene rings is 3. The van der Waals surface area contributed by atoms with Crippen LogP contribution >= 0.6 is 23.8 Å². The highest BCUT2D eigenvalue weighted by Crippen LogP contribution is 2.32. The van der Waals surface area contributed by atoms with E-state index in [9.17, 15) is 18.0 Å². The van der Waals surface area contributed by atoms with E-state index in [0.717, 1.165) is 11.6 Å². The number of aromatic nitrogens is 2. The summed E-state index contributed by atoms with van der Waals surface area (Å²) in [6.07, 6.45) is -1.24. The van der Waals surface area contributed by atoms with Crippen molar-refractivity contribution in [3.05, 3.63) is 118 Å². The number of alkyl halides is 3. The molecule has 0 bridgehead atoms. The maximum absolute atomic E-state index is 13.7. The first-order valence-corrected chi connectivity index (χ1v) is 13.6. The molecule has 7 nitrogen and oxygen atoms in total. The van der Waals surface area contributed by atoms with E-state index < -0.39 is 11.7 Å². The largest absolute Gasteiger partial charge is 0.416 e. The Morgan fingerprint density at radius 2 is 1.79 bits per heavy atom. The Labute approximate surface area is 251 Å². The number of hydrogen-bond donors (Lipinski definition) is 2. The van der Waals surface area contributed by atoms with Crippen LogP contribution in [0.3, 0.4) is 0 Å². The molecule has 0 aliphatic carbocycles. The number of nitrogens with zero attached hydrogens (tertiary/aromatic N) is 4. The molecule has 12 heteroatoms. The lowest BCUT2D eigenvalue weighted by molar-refractivity contribution is -0.138. The summed E-state index contributed by atoms with van der Waals surface area (Å²) in [4.78, 5) is 18.5. The Hall–Kier alpha value is -4.40. The molecule has 4 rings (SSSR count). The van der Waals surface area contributed by atoms with E-state index in [1.165, 1.54) is 12.1 Å². The highest BCUT2D eigenvalue weighted by atomic mass is 35.5. The first-order chi connectivity index (χ1) is 20.1. The van der Waals surface area contributed by atoms with Crippen molar-refractivity contribution in [2.45, 2.75) is 25.7 Å². The third-order valence-corrected chi connectivity index (χ3v) is 6.96. The zero-order valence-corrected chi connectivity index (χ0v) is 23.8. The van der Waals surface area contributed by atoms with Gasteiger partial charge >= 0.3 is 6.18 Å². The van der Waals surface area contributed by atoms with Gasteiger partial charge in [0.2, 0.25) is 5.91 Å². The Bertz CT molecular complexity index is 1570. The summed E-state index contributed by atoms with van der Waals surface area (Å²) in [5, 5.41) is 15.6. The summed E-state index contributed by atoms with van der Waals surface area (Å²) in [5.74, 6) is -0.274. The van der Waals surface area contributed by atoms with Crippen LogP contribution in [0, 0.1) is 11.3 Å². The quantitative estimate of drug-likeness (QED) is 0.213. The first-order valence-electron chi connectivity index (χ1n) is 12.8. The smallest absolute Gasteiger partial charge is 0.354 e. The summed E-state index contributed by atoms with van der Waals surface area (Å²) >= 11 is 11.5. The van der Waals surface area contributed by atoms with E-state index in [2.05, 4.69) is 21.7 Å². The molecule has 4 aromatic rings. The lowest BCUT2D eigenvalue weighted by atomic mass is 10.1. The molecular formula is C30H26ClF3N6OS. The van der Waals surface area contributed by atoms with Crippen molar-refractivity contribution in [3.63, 3.8) is 0 Å². The number of halogens is 4. The van der Waals surface area contributed by atoms with Crippen molar-refractivity contribution in [2.75, 3.05) is 18.4 Å². The van der Waals surface area contributed by atoms with Crippen molar-refractivity contribution in [3.8, 4) is 6.07 Å². The first kappa shape index (κ1) is 30.6. The molecule has 1 heterocycles.